The summed E-state index contributed by atoms with van der Waals surface area (Å²) in [6.07, 6.45) is -0.448. The molecule has 3 N–H and O–H groups in total. The van der Waals surface area contributed by atoms with Crippen LogP contribution in [0.2, 0.25) is 0 Å². The molecule has 1 saturated heterocycles. The van der Waals surface area contributed by atoms with E-state index in [-0.39, 0.29) is 24.5 Å². The largest absolute Gasteiger partial charge is 0.507 e. The van der Waals surface area contributed by atoms with Crippen LogP contribution in [0.15, 0.2) is 95.9 Å². The van der Waals surface area contributed by atoms with Crippen LogP contribution >= 0.6 is 0 Å². The second-order valence-corrected chi connectivity index (χ2v) is 11.5. The van der Waals surface area contributed by atoms with Crippen molar-refractivity contribution >= 4 is 27.7 Å². The number of hydrogen-bond donors (Lipinski definition) is 3. The molecule has 0 aliphatic carbocycles. The van der Waals surface area contributed by atoms with Crippen molar-refractivity contribution in [2.45, 2.75) is 29.9 Å². The third kappa shape index (κ3) is 6.20. The Labute approximate surface area is 245 Å². The Hall–Kier alpha value is -4.81. The van der Waals surface area contributed by atoms with Gasteiger partial charge < -0.3 is 24.4 Å². The first-order valence-electron chi connectivity index (χ1n) is 13.1. The molecule has 0 radical (unpaired) electrons. The van der Waals surface area contributed by atoms with Crippen molar-refractivity contribution in [2.24, 2.45) is 5.92 Å². The number of carbonyl (C=O) groups excluding carboxylic acids is 1. The molecule has 0 spiro atoms. The molecule has 1 heterocycles. The number of amides is 1. The Morgan fingerprint density at radius 1 is 0.907 bits per heavy atom. The number of halogens is 2. The standard InChI is InChI=1S/C31H25F2NO8S/c32-20-5-1-18(2-6-20)27(35)16-14-25-29(34(30(25)37)22-9-7-21(33)8-10-22)19-3-11-23(12-4-19)42-43(40,41)24-13-15-28(36)26(17-24)31(38)39/h1-13,15,17,25,27,29,35-36H,14,16H2,(H,38,39)/t25-,27?,29?/m1/s1. The summed E-state index contributed by atoms with van der Waals surface area (Å²) in [5.74, 6) is -3.92. The monoisotopic (exact) mass is 609 g/mol. The van der Waals surface area contributed by atoms with Crippen molar-refractivity contribution in [2.75, 3.05) is 4.90 Å². The number of aliphatic hydroxyl groups excluding tert-OH is 1. The highest BCUT2D eigenvalue weighted by Gasteiger charge is 2.48. The zero-order chi connectivity index (χ0) is 30.9. The van der Waals surface area contributed by atoms with Crippen molar-refractivity contribution in [3.63, 3.8) is 0 Å². The van der Waals surface area contributed by atoms with Crippen LogP contribution in [0.4, 0.5) is 14.5 Å². The summed E-state index contributed by atoms with van der Waals surface area (Å²) >= 11 is 0. The first-order valence-corrected chi connectivity index (χ1v) is 14.5. The molecule has 4 aromatic rings. The van der Waals surface area contributed by atoms with Gasteiger partial charge in [-0.25, -0.2) is 13.6 Å². The number of nitrogens with zero attached hydrogens (tertiary/aromatic N) is 1. The smallest absolute Gasteiger partial charge is 0.339 e. The van der Waals surface area contributed by atoms with E-state index in [0.717, 1.165) is 18.2 Å². The predicted molar refractivity (Wildman–Crippen MR) is 150 cm³/mol. The lowest BCUT2D eigenvalue weighted by molar-refractivity contribution is -0.131. The van der Waals surface area contributed by atoms with Gasteiger partial charge in [-0.3, -0.25) is 4.79 Å². The second kappa shape index (κ2) is 11.8. The molecule has 1 aliphatic rings. The number of carbonyl (C=O) groups is 2. The van der Waals surface area contributed by atoms with Crippen LogP contribution in [-0.4, -0.2) is 35.6 Å². The Balaban J connectivity index is 1.37. The number of β-lactam (4-membered cyclic amide) rings is 1. The van der Waals surface area contributed by atoms with Gasteiger partial charge in [0, 0.05) is 5.69 Å². The molecule has 222 valence electrons. The minimum Gasteiger partial charge on any atom is -0.507 e. The summed E-state index contributed by atoms with van der Waals surface area (Å²) in [7, 11) is -4.46. The second-order valence-electron chi connectivity index (χ2n) is 9.97. The molecule has 4 aromatic carbocycles. The fourth-order valence-electron chi connectivity index (χ4n) is 5.03. The number of carboxylic acids is 1. The summed E-state index contributed by atoms with van der Waals surface area (Å²) in [6, 6.07) is 18.9. The van der Waals surface area contributed by atoms with Gasteiger partial charge in [0.2, 0.25) is 5.91 Å². The topological polar surface area (TPSA) is 141 Å². The average molecular weight is 610 g/mol. The third-order valence-electron chi connectivity index (χ3n) is 7.24. The molecule has 2 unspecified atom stereocenters. The normalized spacial score (nSPS) is 17.3. The van der Waals surface area contributed by atoms with Gasteiger partial charge in [0.25, 0.3) is 0 Å². The molecule has 43 heavy (non-hydrogen) atoms. The lowest BCUT2D eigenvalue weighted by Gasteiger charge is -2.48. The van der Waals surface area contributed by atoms with Crippen LogP contribution in [0.25, 0.3) is 0 Å². The highest BCUT2D eigenvalue weighted by molar-refractivity contribution is 7.87. The molecular formula is C31H25F2NO8S. The van der Waals surface area contributed by atoms with Crippen LogP contribution in [0.1, 0.15) is 46.5 Å². The van der Waals surface area contributed by atoms with Gasteiger partial charge in [0.05, 0.1) is 18.1 Å². The minimum absolute atomic E-state index is 0.0871. The predicted octanol–water partition coefficient (Wildman–Crippen LogP) is 5.35. The van der Waals surface area contributed by atoms with Crippen LogP contribution in [-0.2, 0) is 14.9 Å². The van der Waals surface area contributed by atoms with Crippen LogP contribution < -0.4 is 9.08 Å². The molecule has 1 aliphatic heterocycles. The maximum atomic E-state index is 13.6. The van der Waals surface area contributed by atoms with Crippen molar-refractivity contribution in [1.29, 1.82) is 0 Å². The molecule has 3 atom stereocenters. The Morgan fingerprint density at radius 3 is 2.12 bits per heavy atom. The highest BCUT2D eigenvalue weighted by atomic mass is 32.2. The van der Waals surface area contributed by atoms with E-state index in [1.807, 2.05) is 0 Å². The van der Waals surface area contributed by atoms with Crippen molar-refractivity contribution in [3.05, 3.63) is 119 Å². The van der Waals surface area contributed by atoms with E-state index in [4.69, 9.17) is 4.18 Å². The SMILES string of the molecule is O=C(O)c1cc(S(=O)(=O)Oc2ccc(C3[C@@H](CCC(O)c4ccc(F)cc4)C(=O)N3c3ccc(F)cc3)cc2)ccc1O. The van der Waals surface area contributed by atoms with Crippen LogP contribution in [0.5, 0.6) is 11.5 Å². The summed E-state index contributed by atoms with van der Waals surface area (Å²) < 4.78 is 57.6. The van der Waals surface area contributed by atoms with Gasteiger partial charge in [-0.05, 0) is 90.7 Å². The first-order chi connectivity index (χ1) is 20.4. The number of phenols is 1. The fraction of sp³-hybridized carbons (Fsp3) is 0.161. The molecule has 12 heteroatoms. The van der Waals surface area contributed by atoms with E-state index >= 15 is 0 Å². The summed E-state index contributed by atoms with van der Waals surface area (Å²) in [6.45, 7) is 0. The number of rotatable bonds is 10. The molecule has 0 bridgehead atoms. The number of benzene rings is 4. The lowest BCUT2D eigenvalue weighted by atomic mass is 9.78. The molecule has 9 nitrogen and oxygen atoms in total. The fourth-order valence-corrected chi connectivity index (χ4v) is 5.98. The number of carboxylic acid groups (broad SMARTS) is 1. The van der Waals surface area contributed by atoms with E-state index < -0.39 is 62.0 Å². The first kappa shape index (κ1) is 29.7. The highest BCUT2D eigenvalue weighted by Crippen LogP contribution is 2.46. The van der Waals surface area contributed by atoms with E-state index in [9.17, 15) is 42.1 Å². The molecular weight excluding hydrogens is 584 g/mol. The Bertz CT molecular complexity index is 1760. The molecule has 1 fully saturated rings. The Kier molecular flexibility index (Phi) is 8.16. The summed E-state index contributed by atoms with van der Waals surface area (Å²) in [5, 5.41) is 29.5. The summed E-state index contributed by atoms with van der Waals surface area (Å²) in [4.78, 5) is 25.6. The van der Waals surface area contributed by atoms with E-state index in [2.05, 4.69) is 0 Å². The Morgan fingerprint density at radius 2 is 1.51 bits per heavy atom. The number of hydrogen-bond acceptors (Lipinski definition) is 7. The van der Waals surface area contributed by atoms with E-state index in [1.54, 1.807) is 12.1 Å². The van der Waals surface area contributed by atoms with Crippen molar-refractivity contribution in [3.8, 4) is 11.5 Å². The average Bonchev–Trinajstić information content (AvgIpc) is 2.97. The van der Waals surface area contributed by atoms with Gasteiger partial charge in [0.15, 0.2) is 0 Å². The quantitative estimate of drug-likeness (QED) is 0.161. The number of aromatic carboxylic acids is 1. The van der Waals surface area contributed by atoms with Gasteiger partial charge in [-0.2, -0.15) is 8.42 Å². The van der Waals surface area contributed by atoms with Gasteiger partial charge in [-0.1, -0.05) is 24.3 Å². The maximum absolute atomic E-state index is 13.6. The third-order valence-corrected chi connectivity index (χ3v) is 8.48. The van der Waals surface area contributed by atoms with Crippen LogP contribution in [0.3, 0.4) is 0 Å². The van der Waals surface area contributed by atoms with Gasteiger partial charge >= 0.3 is 16.1 Å². The maximum Gasteiger partial charge on any atom is 0.339 e. The van der Waals surface area contributed by atoms with Crippen LogP contribution in [0, 0.1) is 17.6 Å². The lowest BCUT2D eigenvalue weighted by Crippen LogP contribution is -2.55. The van der Waals surface area contributed by atoms with Gasteiger partial charge in [-0.15, -0.1) is 0 Å². The number of aromatic hydroxyl groups is 1. The zero-order valence-electron chi connectivity index (χ0n) is 22.3. The molecule has 0 saturated carbocycles. The zero-order valence-corrected chi connectivity index (χ0v) is 23.1. The molecule has 5 rings (SSSR count). The minimum atomic E-state index is -4.46. The van der Waals surface area contributed by atoms with Gasteiger partial charge in [0.1, 0.15) is 33.6 Å². The number of anilines is 1. The van der Waals surface area contributed by atoms with E-state index in [1.165, 1.54) is 65.6 Å². The van der Waals surface area contributed by atoms with E-state index in [0.29, 0.717) is 16.8 Å². The molecule has 1 amide bonds. The van der Waals surface area contributed by atoms with Crippen molar-refractivity contribution < 1.29 is 46.3 Å². The number of aliphatic hydroxyl groups is 1. The molecule has 0 aromatic heterocycles. The van der Waals surface area contributed by atoms with Crippen molar-refractivity contribution in [1.82, 2.24) is 0 Å². The summed E-state index contributed by atoms with van der Waals surface area (Å²) in [5.41, 5.74) is 0.974.